The molecule has 2 rings (SSSR count). The Balaban J connectivity index is 2.10. The number of rotatable bonds is 6. The smallest absolute Gasteiger partial charge is 0.128 e. The molecule has 0 atom stereocenters. The summed E-state index contributed by atoms with van der Waals surface area (Å²) in [6, 6.07) is 8.32. The van der Waals surface area contributed by atoms with E-state index in [-0.39, 0.29) is 5.41 Å². The summed E-state index contributed by atoms with van der Waals surface area (Å²) in [6.07, 6.45) is 4.43. The quantitative estimate of drug-likeness (QED) is 0.864. The van der Waals surface area contributed by atoms with E-state index in [0.29, 0.717) is 0 Å². The minimum atomic E-state index is 0.237. The Bertz CT molecular complexity index is 543. The average Bonchev–Trinajstić information content (AvgIpc) is 2.82. The van der Waals surface area contributed by atoms with Gasteiger partial charge in [0.1, 0.15) is 5.75 Å². The number of hydrogen-bond donors (Lipinski definition) is 1. The van der Waals surface area contributed by atoms with E-state index < -0.39 is 0 Å². The zero-order valence-electron chi connectivity index (χ0n) is 12.1. The Labute approximate surface area is 115 Å². The molecular formula is C16H24N2O. The van der Waals surface area contributed by atoms with Crippen LogP contribution in [0.4, 0.5) is 0 Å². The van der Waals surface area contributed by atoms with Gasteiger partial charge in [-0.2, -0.15) is 0 Å². The summed E-state index contributed by atoms with van der Waals surface area (Å²) >= 11 is 0. The largest absolute Gasteiger partial charge is 0.496 e. The lowest BCUT2D eigenvalue weighted by Crippen LogP contribution is -2.23. The molecule has 19 heavy (non-hydrogen) atoms. The van der Waals surface area contributed by atoms with Gasteiger partial charge in [-0.25, -0.2) is 0 Å². The Hall–Kier alpha value is -1.48. The highest BCUT2D eigenvalue weighted by Gasteiger charge is 2.15. The highest BCUT2D eigenvalue weighted by Crippen LogP contribution is 2.27. The molecule has 0 aliphatic carbocycles. The minimum Gasteiger partial charge on any atom is -0.496 e. The van der Waals surface area contributed by atoms with Gasteiger partial charge in [0, 0.05) is 18.1 Å². The third-order valence-electron chi connectivity index (χ3n) is 3.80. The first kappa shape index (κ1) is 13.9. The SMILES string of the molecule is COc1cccc2c1ccn2CCCC(C)(C)CN. The van der Waals surface area contributed by atoms with Gasteiger partial charge in [-0.05, 0) is 43.0 Å². The molecule has 0 fully saturated rings. The van der Waals surface area contributed by atoms with Crippen molar-refractivity contribution in [1.82, 2.24) is 4.57 Å². The van der Waals surface area contributed by atoms with Crippen molar-refractivity contribution >= 4 is 10.9 Å². The lowest BCUT2D eigenvalue weighted by molar-refractivity contribution is 0.328. The third-order valence-corrected chi connectivity index (χ3v) is 3.80. The summed E-state index contributed by atoms with van der Waals surface area (Å²) in [5, 5.41) is 1.18. The van der Waals surface area contributed by atoms with E-state index in [1.165, 1.54) is 10.9 Å². The lowest BCUT2D eigenvalue weighted by atomic mass is 9.88. The molecule has 0 saturated heterocycles. The Morgan fingerprint density at radius 3 is 2.74 bits per heavy atom. The fraction of sp³-hybridized carbons (Fsp3) is 0.500. The molecular weight excluding hydrogens is 236 g/mol. The Kier molecular flexibility index (Phi) is 4.15. The minimum absolute atomic E-state index is 0.237. The van der Waals surface area contributed by atoms with E-state index in [0.717, 1.165) is 31.7 Å². The second-order valence-corrected chi connectivity index (χ2v) is 5.87. The van der Waals surface area contributed by atoms with Gasteiger partial charge in [0.15, 0.2) is 0 Å². The van der Waals surface area contributed by atoms with Crippen LogP contribution in [-0.4, -0.2) is 18.2 Å². The molecule has 3 nitrogen and oxygen atoms in total. The molecule has 0 bridgehead atoms. The fourth-order valence-electron chi connectivity index (χ4n) is 2.40. The first-order valence-electron chi connectivity index (χ1n) is 6.89. The van der Waals surface area contributed by atoms with E-state index in [1.54, 1.807) is 7.11 Å². The van der Waals surface area contributed by atoms with Crippen molar-refractivity contribution in [2.75, 3.05) is 13.7 Å². The Morgan fingerprint density at radius 2 is 2.05 bits per heavy atom. The van der Waals surface area contributed by atoms with Crippen LogP contribution in [0.5, 0.6) is 5.75 Å². The fourth-order valence-corrected chi connectivity index (χ4v) is 2.40. The van der Waals surface area contributed by atoms with Crippen LogP contribution < -0.4 is 10.5 Å². The van der Waals surface area contributed by atoms with Gasteiger partial charge in [-0.1, -0.05) is 19.9 Å². The molecule has 0 aliphatic rings. The molecule has 0 amide bonds. The highest BCUT2D eigenvalue weighted by atomic mass is 16.5. The molecule has 0 aliphatic heterocycles. The normalized spacial score (nSPS) is 12.0. The molecule has 104 valence electrons. The summed E-state index contributed by atoms with van der Waals surface area (Å²) in [5.74, 6) is 0.943. The molecule has 2 aromatic rings. The monoisotopic (exact) mass is 260 g/mol. The van der Waals surface area contributed by atoms with Gasteiger partial charge in [0.05, 0.1) is 12.6 Å². The van der Waals surface area contributed by atoms with Gasteiger partial charge in [-0.3, -0.25) is 0 Å². The van der Waals surface area contributed by atoms with Crippen LogP contribution in [0.1, 0.15) is 26.7 Å². The van der Waals surface area contributed by atoms with Crippen LogP contribution in [0.2, 0.25) is 0 Å². The van der Waals surface area contributed by atoms with Gasteiger partial charge in [-0.15, -0.1) is 0 Å². The summed E-state index contributed by atoms with van der Waals surface area (Å²) in [7, 11) is 1.72. The molecule has 0 spiro atoms. The van der Waals surface area contributed by atoms with Crippen molar-refractivity contribution in [1.29, 1.82) is 0 Å². The van der Waals surface area contributed by atoms with Crippen molar-refractivity contribution in [3.05, 3.63) is 30.5 Å². The standard InChI is InChI=1S/C16H24N2O/c1-16(2,12-17)9-5-10-18-11-8-13-14(18)6-4-7-15(13)19-3/h4,6-8,11H,5,9-10,12,17H2,1-3H3. The summed E-state index contributed by atoms with van der Waals surface area (Å²) in [5.41, 5.74) is 7.25. The van der Waals surface area contributed by atoms with E-state index >= 15 is 0 Å². The number of nitrogens with two attached hydrogens (primary N) is 1. The molecule has 2 N–H and O–H groups in total. The first-order chi connectivity index (χ1) is 9.07. The molecule has 0 unspecified atom stereocenters. The van der Waals surface area contributed by atoms with E-state index in [2.05, 4.69) is 36.7 Å². The summed E-state index contributed by atoms with van der Waals surface area (Å²) < 4.78 is 7.68. The van der Waals surface area contributed by atoms with Crippen LogP contribution >= 0.6 is 0 Å². The number of hydrogen-bond acceptors (Lipinski definition) is 2. The number of nitrogens with zero attached hydrogens (tertiary/aromatic N) is 1. The van der Waals surface area contributed by atoms with Crippen LogP contribution in [0.3, 0.4) is 0 Å². The van der Waals surface area contributed by atoms with Crippen molar-refractivity contribution in [3.63, 3.8) is 0 Å². The maximum Gasteiger partial charge on any atom is 0.128 e. The molecule has 1 aromatic carbocycles. The van der Waals surface area contributed by atoms with Gasteiger partial charge in [0.25, 0.3) is 0 Å². The highest BCUT2D eigenvalue weighted by molar-refractivity contribution is 5.86. The van der Waals surface area contributed by atoms with Gasteiger partial charge in [0.2, 0.25) is 0 Å². The first-order valence-corrected chi connectivity index (χ1v) is 6.89. The number of benzene rings is 1. The second-order valence-electron chi connectivity index (χ2n) is 5.87. The number of aromatic nitrogens is 1. The topological polar surface area (TPSA) is 40.2 Å². The van der Waals surface area contributed by atoms with Crippen LogP contribution in [0.25, 0.3) is 10.9 Å². The van der Waals surface area contributed by atoms with E-state index in [4.69, 9.17) is 10.5 Å². The lowest BCUT2D eigenvalue weighted by Gasteiger charge is -2.22. The van der Waals surface area contributed by atoms with Crippen LogP contribution in [-0.2, 0) is 6.54 Å². The average molecular weight is 260 g/mol. The zero-order chi connectivity index (χ0) is 13.9. The summed E-state index contributed by atoms with van der Waals surface area (Å²) in [4.78, 5) is 0. The molecule has 3 heteroatoms. The van der Waals surface area contributed by atoms with Gasteiger partial charge >= 0.3 is 0 Å². The number of ether oxygens (including phenoxy) is 1. The summed E-state index contributed by atoms with van der Waals surface area (Å²) in [6.45, 7) is 6.22. The van der Waals surface area contributed by atoms with Crippen LogP contribution in [0, 0.1) is 5.41 Å². The van der Waals surface area contributed by atoms with E-state index in [9.17, 15) is 0 Å². The van der Waals surface area contributed by atoms with Gasteiger partial charge < -0.3 is 15.0 Å². The van der Waals surface area contributed by atoms with Crippen molar-refractivity contribution < 1.29 is 4.74 Å². The second kappa shape index (κ2) is 5.66. The van der Waals surface area contributed by atoms with Crippen molar-refractivity contribution in [2.24, 2.45) is 11.1 Å². The van der Waals surface area contributed by atoms with Crippen molar-refractivity contribution in [2.45, 2.75) is 33.2 Å². The van der Waals surface area contributed by atoms with Crippen molar-refractivity contribution in [3.8, 4) is 5.75 Å². The number of aryl methyl sites for hydroxylation is 1. The molecule has 1 aromatic heterocycles. The Morgan fingerprint density at radius 1 is 1.26 bits per heavy atom. The van der Waals surface area contributed by atoms with Crippen LogP contribution in [0.15, 0.2) is 30.5 Å². The third kappa shape index (κ3) is 3.10. The van der Waals surface area contributed by atoms with E-state index in [1.807, 2.05) is 12.1 Å². The number of fused-ring (bicyclic) bond motifs is 1. The predicted octanol–water partition coefficient (Wildman–Crippen LogP) is 3.42. The number of methoxy groups -OCH3 is 1. The molecule has 1 heterocycles. The zero-order valence-corrected chi connectivity index (χ0v) is 12.1. The molecule has 0 radical (unpaired) electrons. The molecule has 0 saturated carbocycles. The predicted molar refractivity (Wildman–Crippen MR) is 80.6 cm³/mol. The maximum atomic E-state index is 5.77. The maximum absolute atomic E-state index is 5.77.